The van der Waals surface area contributed by atoms with Gasteiger partial charge in [0.05, 0.1) is 37.7 Å². The van der Waals surface area contributed by atoms with Crippen LogP contribution < -0.4 is 10.1 Å². The summed E-state index contributed by atoms with van der Waals surface area (Å²) in [5, 5.41) is 11.5. The lowest BCUT2D eigenvalue weighted by Gasteiger charge is -2.33. The van der Waals surface area contributed by atoms with Crippen molar-refractivity contribution in [2.24, 2.45) is 0 Å². The molecule has 2 aliphatic rings. The molecule has 8 heteroatoms. The van der Waals surface area contributed by atoms with Crippen LogP contribution in [0.5, 0.6) is 5.75 Å². The second-order valence-electron chi connectivity index (χ2n) is 6.43. The predicted octanol–water partition coefficient (Wildman–Crippen LogP) is 0.480. The number of carbonyl (C=O) groups excluding carboxylic acids is 1. The normalized spacial score (nSPS) is 23.2. The van der Waals surface area contributed by atoms with Gasteiger partial charge in [-0.3, -0.25) is 4.79 Å². The van der Waals surface area contributed by atoms with Crippen molar-refractivity contribution in [3.8, 4) is 11.4 Å². The molecule has 0 aliphatic carbocycles. The Morgan fingerprint density at radius 1 is 1.36 bits per heavy atom. The van der Waals surface area contributed by atoms with Crippen LogP contribution in [-0.4, -0.2) is 71.3 Å². The molecule has 1 aromatic carbocycles. The molecule has 0 radical (unpaired) electrons. The summed E-state index contributed by atoms with van der Waals surface area (Å²) in [6, 6.07) is 7.43. The number of ether oxygens (including phenoxy) is 2. The molecule has 1 aromatic heterocycles. The first-order valence-electron chi connectivity index (χ1n) is 8.40. The molecule has 8 nitrogen and oxygen atoms in total. The maximum atomic E-state index is 12.7. The molecule has 4 rings (SSSR count). The summed E-state index contributed by atoms with van der Waals surface area (Å²) in [5.41, 5.74) is 0.918. The van der Waals surface area contributed by atoms with Gasteiger partial charge in [-0.1, -0.05) is 5.21 Å². The van der Waals surface area contributed by atoms with E-state index < -0.39 is 0 Å². The third-order valence-electron chi connectivity index (χ3n) is 4.79. The van der Waals surface area contributed by atoms with Crippen LogP contribution in [0.25, 0.3) is 5.69 Å². The number of carbonyl (C=O) groups is 1. The molecule has 0 bridgehead atoms. The molecule has 1 atom stereocenters. The number of nitrogens with zero attached hydrogens (tertiary/aromatic N) is 4. The Morgan fingerprint density at radius 3 is 2.92 bits per heavy atom. The molecule has 2 fully saturated rings. The highest BCUT2D eigenvalue weighted by Crippen LogP contribution is 2.27. The molecule has 1 spiro atoms. The van der Waals surface area contributed by atoms with E-state index in [1.54, 1.807) is 22.9 Å². The van der Waals surface area contributed by atoms with E-state index in [9.17, 15) is 4.79 Å². The largest absolute Gasteiger partial charge is 0.497 e. The fraction of sp³-hybridized carbons (Fsp3) is 0.471. The molecule has 2 saturated heterocycles. The van der Waals surface area contributed by atoms with E-state index in [-0.39, 0.29) is 11.5 Å². The molecule has 1 amide bonds. The summed E-state index contributed by atoms with van der Waals surface area (Å²) >= 11 is 0. The van der Waals surface area contributed by atoms with E-state index in [0.717, 1.165) is 30.9 Å². The number of rotatable bonds is 3. The summed E-state index contributed by atoms with van der Waals surface area (Å²) < 4.78 is 12.7. The van der Waals surface area contributed by atoms with Gasteiger partial charge >= 0.3 is 0 Å². The lowest BCUT2D eigenvalue weighted by Crippen LogP contribution is -2.51. The van der Waals surface area contributed by atoms with Crippen LogP contribution in [0.15, 0.2) is 30.5 Å². The van der Waals surface area contributed by atoms with Gasteiger partial charge in [-0.05, 0) is 30.7 Å². The van der Waals surface area contributed by atoms with E-state index in [2.05, 4.69) is 15.6 Å². The van der Waals surface area contributed by atoms with Crippen molar-refractivity contribution < 1.29 is 14.3 Å². The van der Waals surface area contributed by atoms with Crippen molar-refractivity contribution in [3.05, 3.63) is 36.2 Å². The second-order valence-corrected chi connectivity index (χ2v) is 6.43. The number of morpholine rings is 1. The monoisotopic (exact) mass is 343 g/mol. The van der Waals surface area contributed by atoms with Crippen LogP contribution in [0.1, 0.15) is 16.9 Å². The Balaban J connectivity index is 1.47. The standard InChI is InChI=1S/C17H21N5O3/c1-24-14-4-2-13(3-5-14)22-10-15(19-20-22)16(23)21-8-6-17(12-21)11-18-7-9-25-17/h2-5,10,18H,6-9,11-12H2,1H3. The van der Waals surface area contributed by atoms with E-state index in [1.807, 2.05) is 24.3 Å². The van der Waals surface area contributed by atoms with Gasteiger partial charge in [-0.2, -0.15) is 0 Å². The van der Waals surface area contributed by atoms with Gasteiger partial charge in [-0.25, -0.2) is 4.68 Å². The van der Waals surface area contributed by atoms with Crippen LogP contribution in [0.3, 0.4) is 0 Å². The minimum Gasteiger partial charge on any atom is -0.497 e. The molecule has 25 heavy (non-hydrogen) atoms. The zero-order valence-electron chi connectivity index (χ0n) is 14.1. The number of amides is 1. The van der Waals surface area contributed by atoms with Crippen LogP contribution >= 0.6 is 0 Å². The zero-order chi connectivity index (χ0) is 17.3. The maximum Gasteiger partial charge on any atom is 0.276 e. The first kappa shape index (κ1) is 16.0. The molecular weight excluding hydrogens is 322 g/mol. The number of benzene rings is 1. The molecule has 1 unspecified atom stereocenters. The average molecular weight is 343 g/mol. The fourth-order valence-corrected chi connectivity index (χ4v) is 3.37. The fourth-order valence-electron chi connectivity index (χ4n) is 3.37. The molecule has 132 valence electrons. The third-order valence-corrected chi connectivity index (χ3v) is 4.79. The van der Waals surface area contributed by atoms with E-state index in [0.29, 0.717) is 25.4 Å². The number of nitrogens with one attached hydrogen (secondary N) is 1. The molecular formula is C17H21N5O3. The minimum absolute atomic E-state index is 0.106. The second kappa shape index (κ2) is 6.45. The topological polar surface area (TPSA) is 81.5 Å². The lowest BCUT2D eigenvalue weighted by atomic mass is 10.0. The van der Waals surface area contributed by atoms with Gasteiger partial charge in [0.1, 0.15) is 5.75 Å². The summed E-state index contributed by atoms with van der Waals surface area (Å²) in [5.74, 6) is 0.662. The van der Waals surface area contributed by atoms with Crippen molar-refractivity contribution in [1.29, 1.82) is 0 Å². The number of likely N-dealkylation sites (tertiary alicyclic amines) is 1. The molecule has 2 aliphatic heterocycles. The third kappa shape index (κ3) is 3.10. The average Bonchev–Trinajstić information content (AvgIpc) is 3.30. The maximum absolute atomic E-state index is 12.7. The van der Waals surface area contributed by atoms with Gasteiger partial charge < -0.3 is 19.7 Å². The highest BCUT2D eigenvalue weighted by Gasteiger charge is 2.42. The summed E-state index contributed by atoms with van der Waals surface area (Å²) in [4.78, 5) is 14.5. The van der Waals surface area contributed by atoms with Crippen LogP contribution in [0.2, 0.25) is 0 Å². The van der Waals surface area contributed by atoms with E-state index >= 15 is 0 Å². The quantitative estimate of drug-likeness (QED) is 0.873. The van der Waals surface area contributed by atoms with Crippen molar-refractivity contribution in [1.82, 2.24) is 25.2 Å². The van der Waals surface area contributed by atoms with Gasteiger partial charge in [0.2, 0.25) is 0 Å². The number of hydrogen-bond donors (Lipinski definition) is 1. The molecule has 1 N–H and O–H groups in total. The summed E-state index contributed by atoms with van der Waals surface area (Å²) in [6.07, 6.45) is 2.51. The first-order valence-corrected chi connectivity index (χ1v) is 8.40. The Hall–Kier alpha value is -2.45. The van der Waals surface area contributed by atoms with Crippen molar-refractivity contribution >= 4 is 5.91 Å². The van der Waals surface area contributed by atoms with Gasteiger partial charge in [-0.15, -0.1) is 5.10 Å². The molecule has 0 saturated carbocycles. The first-order chi connectivity index (χ1) is 12.2. The summed E-state index contributed by atoms with van der Waals surface area (Å²) in [7, 11) is 1.62. The van der Waals surface area contributed by atoms with Gasteiger partial charge in [0.25, 0.3) is 5.91 Å². The van der Waals surface area contributed by atoms with E-state index in [4.69, 9.17) is 9.47 Å². The summed E-state index contributed by atoms with van der Waals surface area (Å²) in [6.45, 7) is 3.61. The smallest absolute Gasteiger partial charge is 0.276 e. The van der Waals surface area contributed by atoms with Crippen molar-refractivity contribution in [3.63, 3.8) is 0 Å². The highest BCUT2D eigenvalue weighted by atomic mass is 16.5. The number of hydrogen-bond acceptors (Lipinski definition) is 6. The molecule has 3 heterocycles. The Bertz CT molecular complexity index is 752. The number of aromatic nitrogens is 3. The van der Waals surface area contributed by atoms with Gasteiger partial charge in [0.15, 0.2) is 5.69 Å². The van der Waals surface area contributed by atoms with Crippen LogP contribution in [0.4, 0.5) is 0 Å². The Morgan fingerprint density at radius 2 is 2.20 bits per heavy atom. The highest BCUT2D eigenvalue weighted by molar-refractivity contribution is 5.92. The zero-order valence-corrected chi connectivity index (χ0v) is 14.1. The Kier molecular flexibility index (Phi) is 4.14. The van der Waals surface area contributed by atoms with E-state index in [1.165, 1.54) is 0 Å². The van der Waals surface area contributed by atoms with Crippen molar-refractivity contribution in [2.75, 3.05) is 39.9 Å². The minimum atomic E-state index is -0.250. The molecule has 2 aromatic rings. The SMILES string of the molecule is COc1ccc(-n2cc(C(=O)N3CCC4(CNCCO4)C3)nn2)cc1. The van der Waals surface area contributed by atoms with Crippen LogP contribution in [-0.2, 0) is 4.74 Å². The van der Waals surface area contributed by atoms with Crippen LogP contribution in [0, 0.1) is 0 Å². The lowest BCUT2D eigenvalue weighted by molar-refractivity contribution is -0.0559. The number of methoxy groups -OCH3 is 1. The van der Waals surface area contributed by atoms with Gasteiger partial charge in [0, 0.05) is 19.6 Å². The predicted molar refractivity (Wildman–Crippen MR) is 90.0 cm³/mol. The Labute approximate surface area is 145 Å². The van der Waals surface area contributed by atoms with Crippen molar-refractivity contribution in [2.45, 2.75) is 12.0 Å².